The molecule has 0 unspecified atom stereocenters. The number of likely N-dealkylation sites (N-methyl/N-ethyl adjacent to an activating group) is 1. The Kier molecular flexibility index (Phi) is 8.85. The molecule has 2 heterocycles. The highest BCUT2D eigenvalue weighted by atomic mass is 19.1. The minimum Gasteiger partial charge on any atom is -0.493 e. The number of benzene rings is 3. The van der Waals surface area contributed by atoms with E-state index in [1.165, 1.54) is 30.7 Å². The molecule has 216 valence electrons. The number of piperazine rings is 1. The quantitative estimate of drug-likeness (QED) is 0.431. The second-order valence-electron chi connectivity index (χ2n) is 10.5. The fourth-order valence-electron chi connectivity index (χ4n) is 5.89. The third-order valence-electron chi connectivity index (χ3n) is 8.12. The van der Waals surface area contributed by atoms with Gasteiger partial charge in [-0.05, 0) is 29.3 Å². The Bertz CT molecular complexity index is 1380. The first kappa shape index (κ1) is 28.6. The van der Waals surface area contributed by atoms with E-state index in [0.717, 1.165) is 32.7 Å². The number of carbonyl (C=O) groups excluding carboxylic acids is 2. The number of halogens is 1. The molecule has 0 aliphatic carbocycles. The Balaban J connectivity index is 1.31. The smallest absolute Gasteiger partial charge is 0.254 e. The Hall–Kier alpha value is -3.95. The lowest BCUT2D eigenvalue weighted by Crippen LogP contribution is -2.49. The number of rotatable bonds is 9. The van der Waals surface area contributed by atoms with E-state index < -0.39 is 17.8 Å². The van der Waals surface area contributed by atoms with Crippen molar-refractivity contribution in [3.63, 3.8) is 0 Å². The molecule has 2 atom stereocenters. The molecule has 0 bridgehead atoms. The third kappa shape index (κ3) is 6.06. The molecule has 9 heteroatoms. The molecule has 3 aromatic rings. The van der Waals surface area contributed by atoms with Gasteiger partial charge in [-0.1, -0.05) is 48.5 Å². The second kappa shape index (κ2) is 12.7. The summed E-state index contributed by atoms with van der Waals surface area (Å²) in [5, 5.41) is 3.09. The van der Waals surface area contributed by atoms with E-state index in [-0.39, 0.29) is 11.8 Å². The molecule has 0 spiro atoms. The molecule has 8 nitrogen and oxygen atoms in total. The molecular formula is C32H37FN4O4. The Morgan fingerprint density at radius 3 is 2.22 bits per heavy atom. The predicted octanol–water partition coefficient (Wildman–Crippen LogP) is 3.69. The summed E-state index contributed by atoms with van der Waals surface area (Å²) in [6.07, 6.45) is 0. The Labute approximate surface area is 240 Å². The van der Waals surface area contributed by atoms with Gasteiger partial charge in [0.15, 0.2) is 11.5 Å². The van der Waals surface area contributed by atoms with Crippen molar-refractivity contribution < 1.29 is 23.5 Å². The van der Waals surface area contributed by atoms with Crippen molar-refractivity contribution in [3.8, 4) is 11.5 Å². The Morgan fingerprint density at radius 2 is 1.54 bits per heavy atom. The maximum atomic E-state index is 15.1. The summed E-state index contributed by atoms with van der Waals surface area (Å²) in [5.41, 5.74) is 2.43. The first-order valence-electron chi connectivity index (χ1n) is 13.9. The maximum Gasteiger partial charge on any atom is 0.254 e. The van der Waals surface area contributed by atoms with Gasteiger partial charge in [0.05, 0.1) is 26.2 Å². The van der Waals surface area contributed by atoms with E-state index >= 15 is 4.39 Å². The largest absolute Gasteiger partial charge is 0.493 e. The first-order valence-corrected chi connectivity index (χ1v) is 13.9. The fraction of sp³-hybridized carbons (Fsp3) is 0.375. The van der Waals surface area contributed by atoms with Gasteiger partial charge < -0.3 is 19.7 Å². The molecule has 1 N–H and O–H groups in total. The number of amides is 2. The van der Waals surface area contributed by atoms with Gasteiger partial charge in [-0.3, -0.25) is 19.4 Å². The van der Waals surface area contributed by atoms with E-state index in [1.807, 2.05) is 6.07 Å². The van der Waals surface area contributed by atoms with Gasteiger partial charge >= 0.3 is 0 Å². The van der Waals surface area contributed by atoms with Crippen molar-refractivity contribution in [3.05, 3.63) is 94.8 Å². The molecular weight excluding hydrogens is 523 g/mol. The van der Waals surface area contributed by atoms with Crippen molar-refractivity contribution in [1.29, 1.82) is 0 Å². The van der Waals surface area contributed by atoms with E-state index in [2.05, 4.69) is 39.4 Å². The topological polar surface area (TPSA) is 74.4 Å². The van der Waals surface area contributed by atoms with E-state index in [4.69, 9.17) is 9.47 Å². The van der Waals surface area contributed by atoms with Gasteiger partial charge in [0, 0.05) is 64.0 Å². The van der Waals surface area contributed by atoms with E-state index in [9.17, 15) is 9.59 Å². The molecule has 41 heavy (non-hydrogen) atoms. The van der Waals surface area contributed by atoms with Gasteiger partial charge in [-0.2, -0.15) is 0 Å². The van der Waals surface area contributed by atoms with Gasteiger partial charge in [-0.25, -0.2) is 4.39 Å². The summed E-state index contributed by atoms with van der Waals surface area (Å²) in [6.45, 7) is 5.84. The van der Waals surface area contributed by atoms with E-state index in [0.29, 0.717) is 41.3 Å². The van der Waals surface area contributed by atoms with Crippen LogP contribution in [0.1, 0.15) is 39.0 Å². The van der Waals surface area contributed by atoms with E-state index in [1.54, 1.807) is 37.4 Å². The van der Waals surface area contributed by atoms with Crippen LogP contribution in [0.4, 0.5) is 4.39 Å². The number of nitrogens with zero attached hydrogens (tertiary/aromatic N) is 3. The molecule has 0 aromatic heterocycles. The summed E-state index contributed by atoms with van der Waals surface area (Å²) in [5.74, 6) is -1.09. The molecule has 5 rings (SSSR count). The van der Waals surface area contributed by atoms with Crippen molar-refractivity contribution in [2.24, 2.45) is 0 Å². The average Bonchev–Trinajstić information content (AvgIpc) is 3.00. The summed E-state index contributed by atoms with van der Waals surface area (Å²) >= 11 is 0. The van der Waals surface area contributed by atoms with Crippen molar-refractivity contribution in [2.45, 2.75) is 18.5 Å². The third-order valence-corrected chi connectivity index (χ3v) is 8.12. The Morgan fingerprint density at radius 1 is 0.902 bits per heavy atom. The van der Waals surface area contributed by atoms with Crippen molar-refractivity contribution >= 4 is 11.8 Å². The number of fused-ring (bicyclic) bond motifs is 1. The van der Waals surface area contributed by atoms with Crippen LogP contribution in [0.5, 0.6) is 11.5 Å². The van der Waals surface area contributed by atoms with Crippen LogP contribution < -0.4 is 14.8 Å². The highest BCUT2D eigenvalue weighted by Gasteiger charge is 2.44. The number of methoxy groups -OCH3 is 2. The molecule has 2 amide bonds. The normalized spacial score (nSPS) is 19.5. The molecule has 1 fully saturated rings. The number of carbonyl (C=O) groups is 2. The molecule has 0 saturated carbocycles. The van der Waals surface area contributed by atoms with Gasteiger partial charge in [0.1, 0.15) is 5.82 Å². The fourth-order valence-corrected chi connectivity index (χ4v) is 5.89. The van der Waals surface area contributed by atoms with Gasteiger partial charge in [0.2, 0.25) is 5.91 Å². The SMILES string of the molecule is COc1cc2c(cc1OC)[C@H](C(=O)NCCN1CCN(Cc3ccccc3)CC1)[C@@H](c1ccccc1F)N(C)C2=O. The van der Waals surface area contributed by atoms with Crippen LogP contribution in [0, 0.1) is 5.82 Å². The molecule has 2 aliphatic heterocycles. The summed E-state index contributed by atoms with van der Waals surface area (Å²) < 4.78 is 26.0. The van der Waals surface area contributed by atoms with Crippen molar-refractivity contribution in [2.75, 3.05) is 60.5 Å². The predicted molar refractivity (Wildman–Crippen MR) is 155 cm³/mol. The number of nitrogens with one attached hydrogen (secondary N) is 1. The van der Waals surface area contributed by atoms with Crippen LogP contribution >= 0.6 is 0 Å². The standard InChI is InChI=1S/C32H37FN4O4/c1-35-30(23-11-7-8-12-26(23)33)29(24-19-27(40-2)28(41-3)20-25(24)32(35)39)31(38)34-13-14-36-15-17-37(18-16-36)21-22-9-5-4-6-10-22/h4-12,19-20,29-30H,13-18,21H2,1-3H3,(H,34,38)/t29-,30+/m0/s1. The van der Waals surface area contributed by atoms with Crippen LogP contribution in [-0.2, 0) is 11.3 Å². The molecule has 2 aliphatic rings. The summed E-state index contributed by atoms with van der Waals surface area (Å²) in [6, 6.07) is 19.2. The monoisotopic (exact) mass is 560 g/mol. The molecule has 1 saturated heterocycles. The lowest BCUT2D eigenvalue weighted by molar-refractivity contribution is -0.124. The van der Waals surface area contributed by atoms with Crippen LogP contribution in [0.25, 0.3) is 0 Å². The zero-order chi connectivity index (χ0) is 28.9. The highest BCUT2D eigenvalue weighted by Crippen LogP contribution is 2.46. The lowest BCUT2D eigenvalue weighted by Gasteiger charge is -2.40. The minimum absolute atomic E-state index is 0.270. The van der Waals surface area contributed by atoms with Crippen molar-refractivity contribution in [1.82, 2.24) is 20.0 Å². The van der Waals surface area contributed by atoms with Crippen LogP contribution in [0.2, 0.25) is 0 Å². The van der Waals surface area contributed by atoms with Gasteiger partial charge in [-0.15, -0.1) is 0 Å². The number of hydrogen-bond donors (Lipinski definition) is 1. The van der Waals surface area contributed by atoms with Crippen LogP contribution in [-0.4, -0.2) is 87.0 Å². The van der Waals surface area contributed by atoms with Gasteiger partial charge in [0.25, 0.3) is 5.91 Å². The second-order valence-corrected chi connectivity index (χ2v) is 10.5. The lowest BCUT2D eigenvalue weighted by atomic mass is 9.79. The number of hydrogen-bond acceptors (Lipinski definition) is 6. The number of ether oxygens (including phenoxy) is 2. The summed E-state index contributed by atoms with van der Waals surface area (Å²) in [4.78, 5) is 33.6. The summed E-state index contributed by atoms with van der Waals surface area (Å²) in [7, 11) is 4.60. The highest BCUT2D eigenvalue weighted by molar-refractivity contribution is 6.02. The van der Waals surface area contributed by atoms with Crippen LogP contribution in [0.3, 0.4) is 0 Å². The zero-order valence-electron chi connectivity index (χ0n) is 23.8. The van der Waals surface area contributed by atoms with Crippen LogP contribution in [0.15, 0.2) is 66.7 Å². The average molecular weight is 561 g/mol. The molecule has 0 radical (unpaired) electrons. The first-order chi connectivity index (χ1) is 19.9. The minimum atomic E-state index is -0.841. The maximum absolute atomic E-state index is 15.1. The zero-order valence-corrected chi connectivity index (χ0v) is 23.8. The molecule has 3 aromatic carbocycles.